The van der Waals surface area contributed by atoms with Crippen LogP contribution in [-0.4, -0.2) is 54.0 Å². The van der Waals surface area contributed by atoms with E-state index in [1.54, 1.807) is 6.92 Å². The van der Waals surface area contributed by atoms with Gasteiger partial charge < -0.3 is 25.6 Å². The number of carboxylic acid groups (broad SMARTS) is 2. The fourth-order valence-electron chi connectivity index (χ4n) is 1.05. The minimum atomic E-state index is -1.27. The summed E-state index contributed by atoms with van der Waals surface area (Å²) in [7, 11) is 1.48. The molecule has 0 bridgehead atoms. The molecule has 0 aliphatic carbocycles. The van der Waals surface area contributed by atoms with Gasteiger partial charge in [0.2, 0.25) is 0 Å². The Morgan fingerprint density at radius 2 is 1.89 bits per heavy atom. The van der Waals surface area contributed by atoms with E-state index in [4.69, 9.17) is 14.9 Å². The van der Waals surface area contributed by atoms with Gasteiger partial charge in [-0.25, -0.2) is 9.59 Å². The summed E-state index contributed by atoms with van der Waals surface area (Å²) in [5.41, 5.74) is 0. The number of methoxy groups -OCH3 is 1. The van der Waals surface area contributed by atoms with Crippen LogP contribution in [-0.2, 0) is 14.3 Å². The lowest BCUT2D eigenvalue weighted by atomic mass is 10.1. The third-order valence-electron chi connectivity index (χ3n) is 2.20. The first kappa shape index (κ1) is 16.2. The van der Waals surface area contributed by atoms with E-state index in [-0.39, 0.29) is 25.5 Å². The van der Waals surface area contributed by atoms with Gasteiger partial charge in [0, 0.05) is 20.1 Å². The molecule has 2 atom stereocenters. The molecule has 2 unspecified atom stereocenters. The van der Waals surface area contributed by atoms with Crippen molar-refractivity contribution in [2.75, 3.05) is 13.7 Å². The first-order valence-electron chi connectivity index (χ1n) is 5.38. The number of ether oxygens (including phenoxy) is 1. The normalized spacial score (nSPS) is 13.4. The quantitative estimate of drug-likeness (QED) is 0.473. The number of carbonyl (C=O) groups is 3. The van der Waals surface area contributed by atoms with Crippen molar-refractivity contribution in [3.63, 3.8) is 0 Å². The Labute approximate surface area is 104 Å². The number of hydrogen-bond acceptors (Lipinski definition) is 4. The van der Waals surface area contributed by atoms with Gasteiger partial charge in [0.15, 0.2) is 0 Å². The van der Waals surface area contributed by atoms with Gasteiger partial charge >= 0.3 is 18.0 Å². The van der Waals surface area contributed by atoms with Crippen LogP contribution in [0.25, 0.3) is 0 Å². The molecule has 2 amide bonds. The second-order valence-electron chi connectivity index (χ2n) is 3.72. The minimum absolute atomic E-state index is 0.169. The van der Waals surface area contributed by atoms with Crippen LogP contribution < -0.4 is 10.6 Å². The highest BCUT2D eigenvalue weighted by atomic mass is 16.5. The third-order valence-corrected chi connectivity index (χ3v) is 2.20. The summed E-state index contributed by atoms with van der Waals surface area (Å²) < 4.78 is 4.90. The van der Waals surface area contributed by atoms with E-state index in [1.165, 1.54) is 7.11 Å². The van der Waals surface area contributed by atoms with E-state index in [0.29, 0.717) is 0 Å². The highest BCUT2D eigenvalue weighted by Crippen LogP contribution is 1.98. The maximum absolute atomic E-state index is 11.3. The van der Waals surface area contributed by atoms with Crippen molar-refractivity contribution < 1.29 is 29.3 Å². The van der Waals surface area contributed by atoms with E-state index in [0.717, 1.165) is 0 Å². The van der Waals surface area contributed by atoms with E-state index in [9.17, 15) is 14.4 Å². The van der Waals surface area contributed by atoms with E-state index < -0.39 is 24.0 Å². The number of nitrogens with one attached hydrogen (secondary N) is 2. The summed E-state index contributed by atoms with van der Waals surface area (Å²) in [6, 6.07) is -1.89. The number of hydrogen-bond donors (Lipinski definition) is 4. The summed E-state index contributed by atoms with van der Waals surface area (Å²) >= 11 is 0. The topological polar surface area (TPSA) is 125 Å². The fraction of sp³-hybridized carbons (Fsp3) is 0.700. The van der Waals surface area contributed by atoms with Crippen molar-refractivity contribution in [2.45, 2.75) is 31.9 Å². The van der Waals surface area contributed by atoms with Crippen molar-refractivity contribution >= 4 is 18.0 Å². The molecule has 0 saturated carbocycles. The monoisotopic (exact) mass is 262 g/mol. The van der Waals surface area contributed by atoms with Crippen molar-refractivity contribution in [1.29, 1.82) is 0 Å². The molecular weight excluding hydrogens is 244 g/mol. The first-order chi connectivity index (χ1) is 8.36. The highest BCUT2D eigenvalue weighted by molar-refractivity contribution is 5.82. The van der Waals surface area contributed by atoms with Crippen molar-refractivity contribution in [3.05, 3.63) is 0 Å². The van der Waals surface area contributed by atoms with Crippen molar-refractivity contribution in [2.24, 2.45) is 0 Å². The molecular formula is C10H18N2O6. The molecule has 0 radical (unpaired) electrons. The molecule has 0 saturated heterocycles. The van der Waals surface area contributed by atoms with Crippen LogP contribution in [0.1, 0.15) is 19.8 Å². The molecule has 18 heavy (non-hydrogen) atoms. The van der Waals surface area contributed by atoms with E-state index in [2.05, 4.69) is 10.6 Å². The van der Waals surface area contributed by atoms with Gasteiger partial charge in [0.05, 0.1) is 6.10 Å². The molecule has 104 valence electrons. The van der Waals surface area contributed by atoms with Gasteiger partial charge in [-0.3, -0.25) is 4.79 Å². The largest absolute Gasteiger partial charge is 0.481 e. The van der Waals surface area contributed by atoms with Gasteiger partial charge in [0.1, 0.15) is 6.04 Å². The summed E-state index contributed by atoms with van der Waals surface area (Å²) in [6.07, 6.45) is -0.693. The Hall–Kier alpha value is -1.83. The van der Waals surface area contributed by atoms with Crippen molar-refractivity contribution in [3.8, 4) is 0 Å². The average molecular weight is 262 g/mol. The zero-order valence-corrected chi connectivity index (χ0v) is 10.3. The summed E-state index contributed by atoms with van der Waals surface area (Å²) in [5, 5.41) is 21.9. The average Bonchev–Trinajstić information content (AvgIpc) is 2.30. The first-order valence-corrected chi connectivity index (χ1v) is 5.38. The van der Waals surface area contributed by atoms with Gasteiger partial charge in [-0.1, -0.05) is 0 Å². The minimum Gasteiger partial charge on any atom is -0.481 e. The molecule has 0 spiro atoms. The Bertz CT molecular complexity index is 307. The van der Waals surface area contributed by atoms with Gasteiger partial charge in [-0.2, -0.15) is 0 Å². The Kier molecular flexibility index (Phi) is 7.45. The molecule has 8 heteroatoms. The lowest BCUT2D eigenvalue weighted by Gasteiger charge is -2.15. The second kappa shape index (κ2) is 8.29. The summed E-state index contributed by atoms with van der Waals surface area (Å²) in [4.78, 5) is 32.4. The van der Waals surface area contributed by atoms with Crippen LogP contribution in [0, 0.1) is 0 Å². The molecule has 0 aromatic rings. The Morgan fingerprint density at radius 3 is 2.33 bits per heavy atom. The second-order valence-corrected chi connectivity index (χ2v) is 3.72. The van der Waals surface area contributed by atoms with E-state index >= 15 is 0 Å². The molecule has 0 aliphatic heterocycles. The summed E-state index contributed by atoms with van der Waals surface area (Å²) in [6.45, 7) is 1.97. The maximum Gasteiger partial charge on any atom is 0.326 e. The Morgan fingerprint density at radius 1 is 1.28 bits per heavy atom. The molecule has 0 aromatic carbocycles. The van der Waals surface area contributed by atoms with Crippen LogP contribution >= 0.6 is 0 Å². The zero-order valence-electron chi connectivity index (χ0n) is 10.3. The number of amides is 2. The van der Waals surface area contributed by atoms with Crippen LogP contribution in [0.5, 0.6) is 0 Å². The van der Waals surface area contributed by atoms with Crippen LogP contribution in [0.15, 0.2) is 0 Å². The number of carbonyl (C=O) groups excluding carboxylic acids is 1. The zero-order chi connectivity index (χ0) is 14.1. The predicted octanol–water partition coefficient (Wildman–Crippen LogP) is -0.361. The molecule has 8 nitrogen and oxygen atoms in total. The van der Waals surface area contributed by atoms with Gasteiger partial charge in [0.25, 0.3) is 0 Å². The number of rotatable bonds is 8. The molecule has 0 aromatic heterocycles. The third kappa shape index (κ3) is 7.44. The maximum atomic E-state index is 11.3. The smallest absolute Gasteiger partial charge is 0.326 e. The Balaban J connectivity index is 4.11. The summed E-state index contributed by atoms with van der Waals surface area (Å²) in [5.74, 6) is -2.39. The van der Waals surface area contributed by atoms with Crippen molar-refractivity contribution in [1.82, 2.24) is 10.6 Å². The highest BCUT2D eigenvalue weighted by Gasteiger charge is 2.20. The number of aliphatic carboxylic acids is 2. The molecule has 4 N–H and O–H groups in total. The van der Waals surface area contributed by atoms with Gasteiger partial charge in [-0.05, 0) is 13.3 Å². The molecule has 0 fully saturated rings. The SMILES string of the molecule is COC(C)CNC(=O)NC(CCC(=O)O)C(=O)O. The standard InChI is InChI=1S/C10H18N2O6/c1-6(18-2)5-11-10(17)12-7(9(15)16)3-4-8(13)14/h6-7H,3-5H2,1-2H3,(H,13,14)(H,15,16)(H2,11,12,17). The van der Waals surface area contributed by atoms with E-state index in [1.807, 2.05) is 0 Å². The molecule has 0 rings (SSSR count). The molecule has 0 heterocycles. The molecule has 0 aliphatic rings. The van der Waals surface area contributed by atoms with Crippen LogP contribution in [0.4, 0.5) is 4.79 Å². The van der Waals surface area contributed by atoms with Crippen LogP contribution in [0.3, 0.4) is 0 Å². The van der Waals surface area contributed by atoms with Gasteiger partial charge in [-0.15, -0.1) is 0 Å². The fourth-order valence-corrected chi connectivity index (χ4v) is 1.05. The number of urea groups is 1. The number of carboxylic acids is 2. The lowest BCUT2D eigenvalue weighted by Crippen LogP contribution is -2.47. The van der Waals surface area contributed by atoms with Crippen LogP contribution in [0.2, 0.25) is 0 Å². The lowest BCUT2D eigenvalue weighted by molar-refractivity contribution is -0.140. The predicted molar refractivity (Wildman–Crippen MR) is 61.3 cm³/mol.